The standard InChI is InChI=1S/C12H9Br2ClN2O2S/c1-7-3-2-4-9(11(7)14)17-20(18,19)10-5-8(13)6-16-12(10)15/h2-6,17H,1H3. The molecule has 0 bridgehead atoms. The Balaban J connectivity index is 2.46. The van der Waals surface area contributed by atoms with Crippen LogP contribution in [0.2, 0.25) is 5.15 Å². The number of aryl methyl sites for hydroxylation is 1. The van der Waals surface area contributed by atoms with E-state index in [1.807, 2.05) is 13.0 Å². The fourth-order valence-electron chi connectivity index (χ4n) is 1.52. The highest BCUT2D eigenvalue weighted by molar-refractivity contribution is 9.11. The first-order valence-corrected chi connectivity index (χ1v) is 8.85. The van der Waals surface area contributed by atoms with Gasteiger partial charge < -0.3 is 0 Å². The molecule has 0 saturated heterocycles. The number of pyridine rings is 1. The molecule has 2 aromatic rings. The number of sulfonamides is 1. The van der Waals surface area contributed by atoms with Crippen molar-refractivity contribution in [3.63, 3.8) is 0 Å². The number of nitrogens with zero attached hydrogens (tertiary/aromatic N) is 1. The summed E-state index contributed by atoms with van der Waals surface area (Å²) < 4.78 is 28.4. The van der Waals surface area contributed by atoms with Gasteiger partial charge in [0.05, 0.1) is 5.69 Å². The van der Waals surface area contributed by atoms with Crippen molar-refractivity contribution in [2.45, 2.75) is 11.8 Å². The Hall–Kier alpha value is -0.630. The molecule has 106 valence electrons. The molecular weight excluding hydrogens is 431 g/mol. The first-order chi connectivity index (χ1) is 9.31. The summed E-state index contributed by atoms with van der Waals surface area (Å²) in [7, 11) is -3.81. The fourth-order valence-corrected chi connectivity index (χ4v) is 4.03. The molecule has 0 fully saturated rings. The summed E-state index contributed by atoms with van der Waals surface area (Å²) in [5.41, 5.74) is 1.37. The molecule has 0 atom stereocenters. The van der Waals surface area contributed by atoms with E-state index in [4.69, 9.17) is 11.6 Å². The van der Waals surface area contributed by atoms with Crippen LogP contribution in [0.15, 0.2) is 44.3 Å². The second-order valence-electron chi connectivity index (χ2n) is 3.98. The minimum atomic E-state index is -3.81. The number of halogens is 3. The summed E-state index contributed by atoms with van der Waals surface area (Å²) >= 11 is 12.4. The third kappa shape index (κ3) is 3.33. The normalized spacial score (nSPS) is 11.4. The molecule has 0 aliphatic rings. The van der Waals surface area contributed by atoms with Crippen LogP contribution in [-0.4, -0.2) is 13.4 Å². The van der Waals surface area contributed by atoms with Crippen LogP contribution in [0.3, 0.4) is 0 Å². The second kappa shape index (κ2) is 6.01. The van der Waals surface area contributed by atoms with Crippen molar-refractivity contribution in [1.29, 1.82) is 0 Å². The highest BCUT2D eigenvalue weighted by Gasteiger charge is 2.20. The zero-order chi connectivity index (χ0) is 14.9. The number of rotatable bonds is 3. The van der Waals surface area contributed by atoms with Gasteiger partial charge >= 0.3 is 0 Å². The first kappa shape index (κ1) is 15.8. The van der Waals surface area contributed by atoms with Gasteiger partial charge in [-0.2, -0.15) is 0 Å². The van der Waals surface area contributed by atoms with Gasteiger partial charge in [0.25, 0.3) is 10.0 Å². The summed E-state index contributed by atoms with van der Waals surface area (Å²) in [6, 6.07) is 6.70. The molecule has 0 amide bonds. The molecule has 1 heterocycles. The van der Waals surface area contributed by atoms with Crippen LogP contribution in [0.1, 0.15) is 5.56 Å². The molecule has 2 rings (SSSR count). The summed E-state index contributed by atoms with van der Waals surface area (Å²) in [4.78, 5) is 3.73. The molecule has 0 unspecified atom stereocenters. The lowest BCUT2D eigenvalue weighted by atomic mass is 10.2. The summed E-state index contributed by atoms with van der Waals surface area (Å²) in [5.74, 6) is 0. The zero-order valence-electron chi connectivity index (χ0n) is 10.2. The van der Waals surface area contributed by atoms with Crippen LogP contribution in [-0.2, 0) is 10.0 Å². The molecule has 4 nitrogen and oxygen atoms in total. The van der Waals surface area contributed by atoms with Crippen molar-refractivity contribution in [2.75, 3.05) is 4.72 Å². The van der Waals surface area contributed by atoms with Gasteiger partial charge in [-0.05, 0) is 56.5 Å². The number of hydrogen-bond acceptors (Lipinski definition) is 3. The Labute approximate surface area is 138 Å². The molecule has 0 aliphatic heterocycles. The van der Waals surface area contributed by atoms with Crippen LogP contribution in [0.5, 0.6) is 0 Å². The van der Waals surface area contributed by atoms with Gasteiger partial charge in [0.15, 0.2) is 0 Å². The molecule has 8 heteroatoms. The SMILES string of the molecule is Cc1cccc(NS(=O)(=O)c2cc(Br)cnc2Cl)c1Br. The first-order valence-electron chi connectivity index (χ1n) is 5.40. The van der Waals surface area contributed by atoms with E-state index in [2.05, 4.69) is 41.6 Å². The van der Waals surface area contributed by atoms with E-state index >= 15 is 0 Å². The maximum Gasteiger partial charge on any atom is 0.265 e. The third-order valence-electron chi connectivity index (χ3n) is 2.50. The number of anilines is 1. The van der Waals surface area contributed by atoms with Crippen molar-refractivity contribution < 1.29 is 8.42 Å². The number of hydrogen-bond donors (Lipinski definition) is 1. The smallest absolute Gasteiger partial charge is 0.265 e. The topological polar surface area (TPSA) is 59.1 Å². The summed E-state index contributed by atoms with van der Waals surface area (Å²) in [6.45, 7) is 1.87. The van der Waals surface area contributed by atoms with E-state index in [1.165, 1.54) is 12.3 Å². The Morgan fingerprint density at radius 2 is 2.00 bits per heavy atom. The van der Waals surface area contributed by atoms with Crippen LogP contribution in [0.4, 0.5) is 5.69 Å². The van der Waals surface area contributed by atoms with E-state index in [-0.39, 0.29) is 10.0 Å². The lowest BCUT2D eigenvalue weighted by Gasteiger charge is -2.12. The average molecular weight is 441 g/mol. The highest BCUT2D eigenvalue weighted by atomic mass is 79.9. The fraction of sp³-hybridized carbons (Fsp3) is 0.0833. The van der Waals surface area contributed by atoms with Crippen LogP contribution >= 0.6 is 43.5 Å². The molecule has 0 aliphatic carbocycles. The molecule has 20 heavy (non-hydrogen) atoms. The molecule has 0 saturated carbocycles. The Bertz CT molecular complexity index is 766. The monoisotopic (exact) mass is 438 g/mol. The number of aromatic nitrogens is 1. The van der Waals surface area contributed by atoms with Gasteiger partial charge in [-0.3, -0.25) is 4.72 Å². The van der Waals surface area contributed by atoms with Gasteiger partial charge in [-0.15, -0.1) is 0 Å². The van der Waals surface area contributed by atoms with E-state index in [1.54, 1.807) is 12.1 Å². The van der Waals surface area contributed by atoms with Gasteiger partial charge in [0.1, 0.15) is 10.0 Å². The van der Waals surface area contributed by atoms with Gasteiger partial charge in [0, 0.05) is 15.1 Å². The maximum absolute atomic E-state index is 12.4. The Morgan fingerprint density at radius 1 is 1.30 bits per heavy atom. The Morgan fingerprint density at radius 3 is 2.70 bits per heavy atom. The van der Waals surface area contributed by atoms with Crippen molar-refractivity contribution in [3.05, 3.63) is 50.1 Å². The molecule has 1 aromatic carbocycles. The molecule has 0 spiro atoms. The average Bonchev–Trinajstić information content (AvgIpc) is 2.37. The van der Waals surface area contributed by atoms with Crippen molar-refractivity contribution in [1.82, 2.24) is 4.98 Å². The van der Waals surface area contributed by atoms with Gasteiger partial charge in [-0.1, -0.05) is 23.7 Å². The zero-order valence-corrected chi connectivity index (χ0v) is 14.9. The predicted octanol–water partition coefficient (Wildman–Crippen LogP) is 4.37. The van der Waals surface area contributed by atoms with Crippen molar-refractivity contribution >= 4 is 59.2 Å². The summed E-state index contributed by atoms with van der Waals surface area (Å²) in [6.07, 6.45) is 1.43. The molecule has 0 radical (unpaired) electrons. The van der Waals surface area contributed by atoms with E-state index in [0.29, 0.717) is 14.6 Å². The minimum absolute atomic E-state index is 0.0792. The molecular formula is C12H9Br2ClN2O2S. The number of nitrogens with one attached hydrogen (secondary N) is 1. The van der Waals surface area contributed by atoms with Crippen LogP contribution < -0.4 is 4.72 Å². The molecule has 1 N–H and O–H groups in total. The van der Waals surface area contributed by atoms with Crippen LogP contribution in [0.25, 0.3) is 0 Å². The largest absolute Gasteiger partial charge is 0.278 e. The summed E-state index contributed by atoms with van der Waals surface area (Å²) in [5, 5.41) is -0.0792. The van der Waals surface area contributed by atoms with Gasteiger partial charge in [-0.25, -0.2) is 13.4 Å². The number of benzene rings is 1. The van der Waals surface area contributed by atoms with E-state index in [9.17, 15) is 8.42 Å². The predicted molar refractivity (Wildman–Crippen MR) is 86.6 cm³/mol. The van der Waals surface area contributed by atoms with Crippen molar-refractivity contribution in [3.8, 4) is 0 Å². The van der Waals surface area contributed by atoms with Crippen molar-refractivity contribution in [2.24, 2.45) is 0 Å². The third-order valence-corrected chi connectivity index (χ3v) is 5.78. The Kier molecular flexibility index (Phi) is 4.73. The van der Waals surface area contributed by atoms with E-state index in [0.717, 1.165) is 5.56 Å². The van der Waals surface area contributed by atoms with E-state index < -0.39 is 10.0 Å². The molecule has 1 aromatic heterocycles. The minimum Gasteiger partial charge on any atom is -0.278 e. The van der Waals surface area contributed by atoms with Crippen LogP contribution in [0, 0.1) is 6.92 Å². The second-order valence-corrected chi connectivity index (χ2v) is 7.70. The van der Waals surface area contributed by atoms with Gasteiger partial charge in [0.2, 0.25) is 0 Å². The highest BCUT2D eigenvalue weighted by Crippen LogP contribution is 2.30. The maximum atomic E-state index is 12.4. The lowest BCUT2D eigenvalue weighted by molar-refractivity contribution is 0.601. The lowest BCUT2D eigenvalue weighted by Crippen LogP contribution is -2.14. The quantitative estimate of drug-likeness (QED) is 0.721.